The molecule has 0 bridgehead atoms. The van der Waals surface area contributed by atoms with E-state index in [1.54, 1.807) is 17.5 Å². The van der Waals surface area contributed by atoms with Gasteiger partial charge in [-0.25, -0.2) is 10.1 Å². The highest BCUT2D eigenvalue weighted by molar-refractivity contribution is 7.08. The average molecular weight is 237 g/mol. The Labute approximate surface area is 98.2 Å². The van der Waals surface area contributed by atoms with E-state index < -0.39 is 0 Å². The Morgan fingerprint density at radius 1 is 1.62 bits per heavy atom. The summed E-state index contributed by atoms with van der Waals surface area (Å²) in [5.41, 5.74) is 4.96. The van der Waals surface area contributed by atoms with Crippen LogP contribution in [-0.4, -0.2) is 15.0 Å². The van der Waals surface area contributed by atoms with Gasteiger partial charge in [-0.05, 0) is 28.8 Å². The Kier molecular flexibility index (Phi) is 3.66. The molecule has 0 aromatic carbocycles. The number of thiophene rings is 1. The summed E-state index contributed by atoms with van der Waals surface area (Å²) in [4.78, 5) is 0. The minimum absolute atomic E-state index is 0.0344. The molecule has 0 aliphatic heterocycles. The Morgan fingerprint density at radius 3 is 3.12 bits per heavy atom. The van der Waals surface area contributed by atoms with E-state index in [0.717, 1.165) is 24.2 Å². The highest BCUT2D eigenvalue weighted by Crippen LogP contribution is 2.22. The van der Waals surface area contributed by atoms with Crippen LogP contribution in [0.4, 0.5) is 0 Å². The van der Waals surface area contributed by atoms with E-state index in [-0.39, 0.29) is 6.04 Å². The molecule has 0 saturated carbocycles. The molecule has 0 amide bonds. The number of nitrogens with one attached hydrogen (secondary N) is 1. The van der Waals surface area contributed by atoms with Gasteiger partial charge in [-0.2, -0.15) is 11.3 Å². The number of hydrogen-bond donors (Lipinski definition) is 2. The van der Waals surface area contributed by atoms with Crippen LogP contribution in [0.1, 0.15) is 30.6 Å². The number of hydrazine groups is 1. The minimum Gasteiger partial charge on any atom is -0.271 e. The van der Waals surface area contributed by atoms with Gasteiger partial charge in [0.15, 0.2) is 0 Å². The number of aromatic nitrogens is 3. The molecule has 0 fully saturated rings. The largest absolute Gasteiger partial charge is 0.271 e. The average Bonchev–Trinajstić information content (AvgIpc) is 2.92. The first kappa shape index (κ1) is 11.3. The zero-order valence-electron chi connectivity index (χ0n) is 9.13. The molecule has 0 aliphatic rings. The second-order valence-electron chi connectivity index (χ2n) is 3.54. The summed E-state index contributed by atoms with van der Waals surface area (Å²) in [7, 11) is 0. The molecule has 2 rings (SSSR count). The van der Waals surface area contributed by atoms with Crippen LogP contribution in [0, 0.1) is 0 Å². The van der Waals surface area contributed by atoms with E-state index in [1.807, 2.05) is 10.1 Å². The van der Waals surface area contributed by atoms with Crippen molar-refractivity contribution in [3.05, 3.63) is 34.3 Å². The third-order valence-electron chi connectivity index (χ3n) is 2.42. The van der Waals surface area contributed by atoms with Gasteiger partial charge in [0.25, 0.3) is 0 Å². The number of rotatable bonds is 5. The molecule has 2 aromatic heterocycles. The predicted molar refractivity (Wildman–Crippen MR) is 63.8 cm³/mol. The first-order valence-corrected chi connectivity index (χ1v) is 6.17. The van der Waals surface area contributed by atoms with Crippen molar-refractivity contribution in [2.75, 3.05) is 0 Å². The molecule has 1 atom stereocenters. The third-order valence-corrected chi connectivity index (χ3v) is 3.12. The van der Waals surface area contributed by atoms with E-state index >= 15 is 0 Å². The molecule has 0 spiro atoms. The van der Waals surface area contributed by atoms with Gasteiger partial charge in [0, 0.05) is 6.54 Å². The maximum absolute atomic E-state index is 5.61. The van der Waals surface area contributed by atoms with Crippen molar-refractivity contribution in [2.24, 2.45) is 5.84 Å². The van der Waals surface area contributed by atoms with Gasteiger partial charge in [-0.3, -0.25) is 5.84 Å². The molecule has 3 N–H and O–H groups in total. The van der Waals surface area contributed by atoms with E-state index in [4.69, 9.17) is 5.84 Å². The summed E-state index contributed by atoms with van der Waals surface area (Å²) >= 11 is 1.65. The van der Waals surface area contributed by atoms with Crippen LogP contribution >= 0.6 is 11.3 Å². The molecular formula is C10H15N5S. The summed E-state index contributed by atoms with van der Waals surface area (Å²) in [5.74, 6) is 5.61. The number of hydrogen-bond acceptors (Lipinski definition) is 5. The fourth-order valence-corrected chi connectivity index (χ4v) is 2.35. The van der Waals surface area contributed by atoms with Gasteiger partial charge in [0.05, 0.1) is 17.9 Å². The van der Waals surface area contributed by atoms with Crippen molar-refractivity contribution in [1.29, 1.82) is 0 Å². The molecule has 0 aliphatic carbocycles. The van der Waals surface area contributed by atoms with Crippen molar-refractivity contribution < 1.29 is 0 Å². The number of aryl methyl sites for hydroxylation is 1. The van der Waals surface area contributed by atoms with Crippen LogP contribution in [0.2, 0.25) is 0 Å². The topological polar surface area (TPSA) is 68.8 Å². The Bertz CT molecular complexity index is 422. The van der Waals surface area contributed by atoms with Gasteiger partial charge in [0.2, 0.25) is 0 Å². The van der Waals surface area contributed by atoms with Crippen LogP contribution < -0.4 is 11.3 Å². The van der Waals surface area contributed by atoms with E-state index in [0.29, 0.717) is 0 Å². The van der Waals surface area contributed by atoms with E-state index in [2.05, 4.69) is 34.1 Å². The molecular weight excluding hydrogens is 222 g/mol. The second-order valence-corrected chi connectivity index (χ2v) is 4.32. The van der Waals surface area contributed by atoms with Gasteiger partial charge in [0.1, 0.15) is 0 Å². The Morgan fingerprint density at radius 2 is 2.50 bits per heavy atom. The predicted octanol–water partition coefficient (Wildman–Crippen LogP) is 1.30. The molecule has 0 saturated heterocycles. The van der Waals surface area contributed by atoms with Gasteiger partial charge < -0.3 is 0 Å². The SMILES string of the molecule is CCCn1nncc1C(NN)c1ccsc1. The van der Waals surface area contributed by atoms with E-state index in [1.165, 1.54) is 0 Å². The van der Waals surface area contributed by atoms with Gasteiger partial charge in [-0.15, -0.1) is 5.10 Å². The zero-order chi connectivity index (χ0) is 11.4. The molecule has 2 heterocycles. The molecule has 1 unspecified atom stereocenters. The van der Waals surface area contributed by atoms with Crippen molar-refractivity contribution in [3.63, 3.8) is 0 Å². The second kappa shape index (κ2) is 5.20. The summed E-state index contributed by atoms with van der Waals surface area (Å²) in [6.45, 7) is 2.97. The molecule has 0 radical (unpaired) electrons. The Balaban J connectivity index is 2.30. The van der Waals surface area contributed by atoms with Crippen LogP contribution in [-0.2, 0) is 6.54 Å². The fraction of sp³-hybridized carbons (Fsp3) is 0.400. The van der Waals surface area contributed by atoms with Crippen molar-refractivity contribution in [3.8, 4) is 0 Å². The first-order valence-electron chi connectivity index (χ1n) is 5.23. The maximum atomic E-state index is 5.61. The summed E-state index contributed by atoms with van der Waals surface area (Å²) in [5, 5.41) is 12.1. The highest BCUT2D eigenvalue weighted by atomic mass is 32.1. The number of nitrogens with zero attached hydrogens (tertiary/aromatic N) is 3. The lowest BCUT2D eigenvalue weighted by Gasteiger charge is -2.15. The first-order chi connectivity index (χ1) is 7.86. The lowest BCUT2D eigenvalue weighted by atomic mass is 10.1. The smallest absolute Gasteiger partial charge is 0.0902 e. The van der Waals surface area contributed by atoms with Crippen molar-refractivity contribution in [2.45, 2.75) is 25.9 Å². The van der Waals surface area contributed by atoms with Gasteiger partial charge in [-0.1, -0.05) is 12.1 Å². The Hall–Kier alpha value is -1.24. The lowest BCUT2D eigenvalue weighted by molar-refractivity contribution is 0.512. The fourth-order valence-electron chi connectivity index (χ4n) is 1.67. The lowest BCUT2D eigenvalue weighted by Crippen LogP contribution is -2.30. The molecule has 2 aromatic rings. The maximum Gasteiger partial charge on any atom is 0.0902 e. The summed E-state index contributed by atoms with van der Waals surface area (Å²) < 4.78 is 1.89. The van der Waals surface area contributed by atoms with Crippen molar-refractivity contribution >= 4 is 11.3 Å². The van der Waals surface area contributed by atoms with Crippen LogP contribution in [0.3, 0.4) is 0 Å². The van der Waals surface area contributed by atoms with Crippen LogP contribution in [0.25, 0.3) is 0 Å². The summed E-state index contributed by atoms with van der Waals surface area (Å²) in [6.07, 6.45) is 2.79. The molecule has 16 heavy (non-hydrogen) atoms. The number of nitrogens with two attached hydrogens (primary N) is 1. The third kappa shape index (κ3) is 2.13. The zero-order valence-corrected chi connectivity index (χ0v) is 9.94. The highest BCUT2D eigenvalue weighted by Gasteiger charge is 2.17. The molecule has 6 heteroatoms. The molecule has 86 valence electrons. The normalized spacial score (nSPS) is 12.9. The quantitative estimate of drug-likeness (QED) is 0.607. The van der Waals surface area contributed by atoms with Crippen LogP contribution in [0.15, 0.2) is 23.0 Å². The molecule has 5 nitrogen and oxygen atoms in total. The van der Waals surface area contributed by atoms with Gasteiger partial charge >= 0.3 is 0 Å². The van der Waals surface area contributed by atoms with Crippen LogP contribution in [0.5, 0.6) is 0 Å². The standard InChI is InChI=1S/C10H15N5S/c1-2-4-15-9(6-12-14-15)10(13-11)8-3-5-16-7-8/h3,5-7,10,13H,2,4,11H2,1H3. The van der Waals surface area contributed by atoms with E-state index in [9.17, 15) is 0 Å². The monoisotopic (exact) mass is 237 g/mol. The van der Waals surface area contributed by atoms with Crippen molar-refractivity contribution in [1.82, 2.24) is 20.4 Å². The summed E-state index contributed by atoms with van der Waals surface area (Å²) in [6, 6.07) is 2.02. The minimum atomic E-state index is -0.0344.